The van der Waals surface area contributed by atoms with Crippen molar-refractivity contribution < 1.29 is 17.6 Å². The van der Waals surface area contributed by atoms with Crippen LogP contribution in [0.5, 0.6) is 0 Å². The molecule has 1 aliphatic rings. The molecule has 3 heterocycles. The number of nitrogens with zero attached hydrogens (tertiary/aromatic N) is 5. The van der Waals surface area contributed by atoms with Crippen LogP contribution in [-0.2, 0) is 12.7 Å². The summed E-state index contributed by atoms with van der Waals surface area (Å²) in [6.45, 7) is 1.62. The molecule has 1 fully saturated rings. The molecule has 6 nitrogen and oxygen atoms in total. The van der Waals surface area contributed by atoms with Gasteiger partial charge >= 0.3 is 12.1 Å². The van der Waals surface area contributed by atoms with Crippen molar-refractivity contribution in [2.75, 3.05) is 13.1 Å². The maximum atomic E-state index is 12.3. The molecular weight excluding hydrogens is 263 g/mol. The van der Waals surface area contributed by atoms with E-state index in [9.17, 15) is 13.2 Å². The number of rotatable bonds is 3. The lowest BCUT2D eigenvalue weighted by Gasteiger charge is -2.38. The molecule has 0 unspecified atom stereocenters. The Morgan fingerprint density at radius 3 is 2.68 bits per heavy atom. The predicted molar refractivity (Wildman–Crippen MR) is 55.8 cm³/mol. The van der Waals surface area contributed by atoms with Crippen molar-refractivity contribution >= 4 is 0 Å². The summed E-state index contributed by atoms with van der Waals surface area (Å²) < 4.78 is 43.2. The van der Waals surface area contributed by atoms with Gasteiger partial charge in [-0.1, -0.05) is 0 Å². The Balaban J connectivity index is 1.55. The fourth-order valence-corrected chi connectivity index (χ4v) is 1.96. The molecule has 0 spiro atoms. The van der Waals surface area contributed by atoms with E-state index < -0.39 is 12.1 Å². The minimum absolute atomic E-state index is 0.0220. The molecule has 1 saturated heterocycles. The second-order valence-corrected chi connectivity index (χ2v) is 4.33. The van der Waals surface area contributed by atoms with Crippen molar-refractivity contribution in [3.8, 4) is 0 Å². The van der Waals surface area contributed by atoms with Crippen LogP contribution in [0, 0.1) is 0 Å². The zero-order valence-corrected chi connectivity index (χ0v) is 9.71. The van der Waals surface area contributed by atoms with E-state index >= 15 is 0 Å². The van der Waals surface area contributed by atoms with Gasteiger partial charge in [0.1, 0.15) is 0 Å². The highest BCUT2D eigenvalue weighted by atomic mass is 19.4. The first-order chi connectivity index (χ1) is 9.02. The van der Waals surface area contributed by atoms with Gasteiger partial charge in [-0.05, 0) is 6.07 Å². The Kier molecular flexibility index (Phi) is 2.77. The first kappa shape index (κ1) is 12.2. The smallest absolute Gasteiger partial charge is 0.416 e. The summed E-state index contributed by atoms with van der Waals surface area (Å²) in [5, 5.41) is 10.5. The van der Waals surface area contributed by atoms with Crippen LogP contribution in [0.4, 0.5) is 13.2 Å². The Morgan fingerprint density at radius 1 is 1.32 bits per heavy atom. The molecule has 2 aromatic heterocycles. The van der Waals surface area contributed by atoms with E-state index in [1.807, 2.05) is 21.8 Å². The molecule has 0 aromatic carbocycles. The lowest BCUT2D eigenvalue weighted by atomic mass is 10.1. The molecule has 19 heavy (non-hydrogen) atoms. The minimum Gasteiger partial charge on any atom is -0.416 e. The summed E-state index contributed by atoms with van der Waals surface area (Å²) >= 11 is 0. The monoisotopic (exact) mass is 273 g/mol. The first-order valence-electron chi connectivity index (χ1n) is 5.63. The molecule has 102 valence electrons. The van der Waals surface area contributed by atoms with E-state index in [1.165, 1.54) is 0 Å². The Labute approximate surface area is 105 Å². The van der Waals surface area contributed by atoms with Crippen molar-refractivity contribution in [2.45, 2.75) is 18.8 Å². The maximum Gasteiger partial charge on any atom is 0.470 e. The second kappa shape index (κ2) is 4.34. The van der Waals surface area contributed by atoms with Crippen molar-refractivity contribution in [2.24, 2.45) is 0 Å². The number of hydrogen-bond donors (Lipinski definition) is 0. The molecule has 0 N–H and O–H groups in total. The Morgan fingerprint density at radius 2 is 2.11 bits per heavy atom. The van der Waals surface area contributed by atoms with Crippen LogP contribution < -0.4 is 0 Å². The van der Waals surface area contributed by atoms with E-state index in [1.54, 1.807) is 6.20 Å². The van der Waals surface area contributed by atoms with Gasteiger partial charge in [-0.2, -0.15) is 18.3 Å². The van der Waals surface area contributed by atoms with Gasteiger partial charge in [0.15, 0.2) is 0 Å². The normalized spacial score (nSPS) is 17.6. The third-order valence-electron chi connectivity index (χ3n) is 2.91. The molecule has 9 heteroatoms. The summed E-state index contributed by atoms with van der Waals surface area (Å²) in [4.78, 5) is 1.92. The lowest BCUT2D eigenvalue weighted by molar-refractivity contribution is -0.157. The molecule has 0 bridgehead atoms. The largest absolute Gasteiger partial charge is 0.470 e. The third-order valence-corrected chi connectivity index (χ3v) is 2.91. The van der Waals surface area contributed by atoms with Crippen LogP contribution in [-0.4, -0.2) is 38.0 Å². The van der Waals surface area contributed by atoms with Crippen LogP contribution in [0.3, 0.4) is 0 Å². The molecule has 0 saturated carbocycles. The van der Waals surface area contributed by atoms with Gasteiger partial charge in [0.05, 0.1) is 12.6 Å². The molecule has 3 rings (SSSR count). The number of likely N-dealkylation sites (tertiary alicyclic amines) is 1. The quantitative estimate of drug-likeness (QED) is 0.844. The Bertz CT molecular complexity index is 544. The van der Waals surface area contributed by atoms with Crippen LogP contribution in [0.2, 0.25) is 0 Å². The average Bonchev–Trinajstić information content (AvgIpc) is 2.93. The molecule has 0 radical (unpaired) electrons. The van der Waals surface area contributed by atoms with Gasteiger partial charge in [-0.25, -0.2) is 0 Å². The molecule has 2 aromatic rings. The fraction of sp³-hybridized carbons (Fsp3) is 0.500. The molecular formula is C10H10F3N5O. The van der Waals surface area contributed by atoms with Gasteiger partial charge in [0.2, 0.25) is 5.89 Å². The number of alkyl halides is 3. The summed E-state index contributed by atoms with van der Waals surface area (Å²) in [7, 11) is 0. The van der Waals surface area contributed by atoms with Crippen LogP contribution in [0.1, 0.15) is 17.8 Å². The first-order valence-corrected chi connectivity index (χ1v) is 5.63. The zero-order chi connectivity index (χ0) is 13.5. The molecule has 0 aliphatic carbocycles. The van der Waals surface area contributed by atoms with Crippen LogP contribution >= 0.6 is 0 Å². The van der Waals surface area contributed by atoms with Crippen LogP contribution in [0.15, 0.2) is 22.9 Å². The minimum atomic E-state index is -4.59. The van der Waals surface area contributed by atoms with Crippen LogP contribution in [0.25, 0.3) is 0 Å². The zero-order valence-electron chi connectivity index (χ0n) is 9.71. The van der Waals surface area contributed by atoms with E-state index in [0.29, 0.717) is 13.1 Å². The van der Waals surface area contributed by atoms with E-state index in [0.717, 1.165) is 0 Å². The fourth-order valence-electron chi connectivity index (χ4n) is 1.96. The summed E-state index contributed by atoms with van der Waals surface area (Å²) in [6.07, 6.45) is -1.04. The molecule has 0 amide bonds. The van der Waals surface area contributed by atoms with Gasteiger partial charge in [-0.3, -0.25) is 9.58 Å². The summed E-state index contributed by atoms with van der Waals surface area (Å²) in [6, 6.07) is 2.08. The van der Waals surface area contributed by atoms with Crippen molar-refractivity contribution in [1.82, 2.24) is 24.9 Å². The number of hydrogen-bond acceptors (Lipinski definition) is 5. The highest BCUT2D eigenvalue weighted by molar-refractivity contribution is 4.92. The van der Waals surface area contributed by atoms with Crippen molar-refractivity contribution in [3.05, 3.63) is 30.2 Å². The van der Waals surface area contributed by atoms with Gasteiger partial charge < -0.3 is 4.42 Å². The standard InChI is InChI=1S/C10H10F3N5O/c11-10(12,13)9-16-15-8(19-9)6-17-4-7(5-17)18-3-1-2-14-18/h1-3,7H,4-6H2. The van der Waals surface area contributed by atoms with Gasteiger partial charge in [0.25, 0.3) is 0 Å². The van der Waals surface area contributed by atoms with E-state index in [2.05, 4.69) is 19.7 Å². The van der Waals surface area contributed by atoms with E-state index in [4.69, 9.17) is 0 Å². The highest BCUT2D eigenvalue weighted by Gasteiger charge is 2.38. The SMILES string of the molecule is FC(F)(F)c1nnc(CN2CC(n3cccn3)C2)o1. The lowest BCUT2D eigenvalue weighted by Crippen LogP contribution is -2.47. The summed E-state index contributed by atoms with van der Waals surface area (Å²) in [5.41, 5.74) is 0. The van der Waals surface area contributed by atoms with Gasteiger partial charge in [0, 0.05) is 25.5 Å². The predicted octanol–water partition coefficient (Wildman–Crippen LogP) is 1.34. The maximum absolute atomic E-state index is 12.3. The summed E-state index contributed by atoms with van der Waals surface area (Å²) in [5.74, 6) is -1.32. The number of halogens is 3. The highest BCUT2D eigenvalue weighted by Crippen LogP contribution is 2.28. The third kappa shape index (κ3) is 2.46. The molecule has 1 aliphatic heterocycles. The topological polar surface area (TPSA) is 60.0 Å². The second-order valence-electron chi connectivity index (χ2n) is 4.33. The van der Waals surface area contributed by atoms with Crippen molar-refractivity contribution in [3.63, 3.8) is 0 Å². The van der Waals surface area contributed by atoms with E-state index in [-0.39, 0.29) is 18.5 Å². The van der Waals surface area contributed by atoms with Crippen molar-refractivity contribution in [1.29, 1.82) is 0 Å². The molecule has 0 atom stereocenters. The average molecular weight is 273 g/mol. The number of aromatic nitrogens is 4. The Hall–Kier alpha value is -1.90. The van der Waals surface area contributed by atoms with Gasteiger partial charge in [-0.15, -0.1) is 10.2 Å².